The highest BCUT2D eigenvalue weighted by Crippen LogP contribution is 2.47. The van der Waals surface area contributed by atoms with Crippen LogP contribution in [0.25, 0.3) is 0 Å². The zero-order valence-electron chi connectivity index (χ0n) is 19.9. The third-order valence-electron chi connectivity index (χ3n) is 6.50. The molecule has 186 valence electrons. The number of carbonyl (C=O) groups is 3. The first kappa shape index (κ1) is 25.1. The summed E-state index contributed by atoms with van der Waals surface area (Å²) in [5.41, 5.74) is 0.187. The van der Waals surface area contributed by atoms with E-state index in [1.165, 1.54) is 31.2 Å². The Kier molecular flexibility index (Phi) is 7.50. The molecule has 0 saturated heterocycles. The van der Waals surface area contributed by atoms with Crippen molar-refractivity contribution >= 4 is 17.7 Å². The molecule has 1 saturated carbocycles. The highest BCUT2D eigenvalue weighted by molar-refractivity contribution is 6.02. The van der Waals surface area contributed by atoms with Gasteiger partial charge in [-0.1, -0.05) is 72.8 Å². The van der Waals surface area contributed by atoms with Crippen LogP contribution in [0.15, 0.2) is 84.9 Å². The molecule has 0 aliphatic heterocycles. The first-order chi connectivity index (χ1) is 17.3. The molecule has 0 spiro atoms. The number of Topliss-reactive ketones (excluding diaryl/α,β-unsaturated/α-hetero) is 1. The van der Waals surface area contributed by atoms with Crippen LogP contribution in [0.4, 0.5) is 0 Å². The highest BCUT2D eigenvalue weighted by atomic mass is 16.5. The summed E-state index contributed by atoms with van der Waals surface area (Å²) in [5, 5.41) is 21.0. The molecule has 36 heavy (non-hydrogen) atoms. The minimum absolute atomic E-state index is 0.0148. The highest BCUT2D eigenvalue weighted by Gasteiger charge is 2.57. The second-order valence-corrected chi connectivity index (χ2v) is 9.26. The Balaban J connectivity index is 1.66. The minimum Gasteiger partial charge on any atom is -0.508 e. The number of aromatic hydroxyl groups is 1. The molecule has 1 aliphatic carbocycles. The van der Waals surface area contributed by atoms with Gasteiger partial charge in [0.25, 0.3) is 0 Å². The molecule has 1 fully saturated rings. The van der Waals surface area contributed by atoms with Crippen molar-refractivity contribution < 1.29 is 34.1 Å². The van der Waals surface area contributed by atoms with Crippen LogP contribution < -0.4 is 0 Å². The van der Waals surface area contributed by atoms with E-state index in [0.29, 0.717) is 5.56 Å². The van der Waals surface area contributed by atoms with Gasteiger partial charge in [-0.2, -0.15) is 0 Å². The van der Waals surface area contributed by atoms with Crippen LogP contribution in [0.3, 0.4) is 0 Å². The smallest absolute Gasteiger partial charge is 0.317 e. The van der Waals surface area contributed by atoms with Crippen molar-refractivity contribution in [3.05, 3.63) is 102 Å². The first-order valence-electron chi connectivity index (χ1n) is 11.7. The molecule has 0 radical (unpaired) electrons. The third-order valence-corrected chi connectivity index (χ3v) is 6.50. The summed E-state index contributed by atoms with van der Waals surface area (Å²) in [4.78, 5) is 39.9. The fourth-order valence-electron chi connectivity index (χ4n) is 4.75. The van der Waals surface area contributed by atoms with Gasteiger partial charge in [0.2, 0.25) is 0 Å². The number of ketones is 1. The fourth-order valence-corrected chi connectivity index (χ4v) is 4.75. The Labute approximate surface area is 209 Å². The number of carbonyl (C=O) groups excluding carboxylic acids is 3. The minimum atomic E-state index is -1.76. The maximum Gasteiger partial charge on any atom is 0.317 e. The summed E-state index contributed by atoms with van der Waals surface area (Å²) in [7, 11) is 0. The largest absolute Gasteiger partial charge is 0.508 e. The van der Waals surface area contributed by atoms with Crippen molar-refractivity contribution in [2.75, 3.05) is 0 Å². The zero-order valence-corrected chi connectivity index (χ0v) is 19.9. The molecule has 0 aromatic heterocycles. The van der Waals surface area contributed by atoms with Gasteiger partial charge in [0.05, 0.1) is 11.5 Å². The van der Waals surface area contributed by atoms with E-state index in [4.69, 9.17) is 9.47 Å². The normalized spacial score (nSPS) is 23.6. The topological polar surface area (TPSA) is 110 Å². The van der Waals surface area contributed by atoms with Crippen LogP contribution in [-0.2, 0) is 37.1 Å². The van der Waals surface area contributed by atoms with E-state index in [2.05, 4.69) is 0 Å². The molecule has 7 nitrogen and oxygen atoms in total. The number of hydrogen-bond acceptors (Lipinski definition) is 7. The van der Waals surface area contributed by atoms with Gasteiger partial charge >= 0.3 is 11.9 Å². The molecule has 0 heterocycles. The van der Waals surface area contributed by atoms with Gasteiger partial charge in [-0.05, 0) is 35.7 Å². The summed E-state index contributed by atoms with van der Waals surface area (Å²) < 4.78 is 11.1. The number of benzene rings is 3. The molecule has 4 atom stereocenters. The van der Waals surface area contributed by atoms with Gasteiger partial charge in [0, 0.05) is 12.3 Å². The molecule has 1 aliphatic rings. The lowest BCUT2D eigenvalue weighted by Crippen LogP contribution is -2.55. The second-order valence-electron chi connectivity index (χ2n) is 9.26. The van der Waals surface area contributed by atoms with Crippen LogP contribution >= 0.6 is 0 Å². The molecule has 3 aromatic rings. The monoisotopic (exact) mass is 488 g/mol. The van der Waals surface area contributed by atoms with Crippen molar-refractivity contribution in [2.24, 2.45) is 11.8 Å². The Morgan fingerprint density at radius 1 is 0.833 bits per heavy atom. The van der Waals surface area contributed by atoms with Crippen molar-refractivity contribution in [1.82, 2.24) is 0 Å². The Morgan fingerprint density at radius 2 is 1.33 bits per heavy atom. The maximum absolute atomic E-state index is 13.4. The van der Waals surface area contributed by atoms with E-state index in [9.17, 15) is 24.6 Å². The summed E-state index contributed by atoms with van der Waals surface area (Å²) in [6.07, 6.45) is -0.405. The predicted molar refractivity (Wildman–Crippen MR) is 131 cm³/mol. The fraction of sp³-hybridized carbons (Fsp3) is 0.276. The molecule has 7 heteroatoms. The average Bonchev–Trinajstić information content (AvgIpc) is 2.86. The van der Waals surface area contributed by atoms with Crippen LogP contribution in [-0.4, -0.2) is 33.5 Å². The van der Waals surface area contributed by atoms with E-state index >= 15 is 0 Å². The van der Waals surface area contributed by atoms with Crippen LogP contribution in [0.1, 0.15) is 36.0 Å². The Bertz CT molecular complexity index is 1200. The third kappa shape index (κ3) is 5.63. The number of esters is 2. The standard InChI is InChI=1S/C29H28O7/c1-29(34)16-23(31)25(27(32)35-17-19-8-4-2-5-9-19)24(21-12-14-22(30)15-13-21)26(29)28(33)36-18-20-10-6-3-7-11-20/h2-15,24-26,30,34H,16-18H2,1H3/t24-,25+,26+,29+/m1/s1. The quantitative estimate of drug-likeness (QED) is 0.383. The molecular formula is C29H28O7. The summed E-state index contributed by atoms with van der Waals surface area (Å²) in [6, 6.07) is 24.0. The molecule has 4 rings (SSSR count). The van der Waals surface area contributed by atoms with E-state index in [1.807, 2.05) is 36.4 Å². The van der Waals surface area contributed by atoms with Crippen molar-refractivity contribution in [1.29, 1.82) is 0 Å². The molecular weight excluding hydrogens is 460 g/mol. The van der Waals surface area contributed by atoms with Gasteiger partial charge in [0.15, 0.2) is 5.78 Å². The predicted octanol–water partition coefficient (Wildman–Crippen LogP) is 3.92. The molecule has 2 N–H and O–H groups in total. The lowest BCUT2D eigenvalue weighted by Gasteiger charge is -2.43. The lowest BCUT2D eigenvalue weighted by atomic mass is 9.61. The summed E-state index contributed by atoms with van der Waals surface area (Å²) >= 11 is 0. The van der Waals surface area contributed by atoms with E-state index in [1.54, 1.807) is 24.3 Å². The van der Waals surface area contributed by atoms with Gasteiger partial charge in [-0.3, -0.25) is 14.4 Å². The van der Waals surface area contributed by atoms with Crippen LogP contribution in [0, 0.1) is 11.8 Å². The van der Waals surface area contributed by atoms with Gasteiger partial charge < -0.3 is 19.7 Å². The van der Waals surface area contributed by atoms with E-state index < -0.39 is 47.5 Å². The summed E-state index contributed by atoms with van der Waals surface area (Å²) in [5.74, 6) is -5.64. The summed E-state index contributed by atoms with van der Waals surface area (Å²) in [6.45, 7) is 1.34. The number of hydrogen-bond donors (Lipinski definition) is 2. The Morgan fingerprint density at radius 3 is 1.86 bits per heavy atom. The lowest BCUT2D eigenvalue weighted by molar-refractivity contribution is -0.174. The van der Waals surface area contributed by atoms with Gasteiger partial charge in [0.1, 0.15) is 24.9 Å². The number of ether oxygens (including phenoxy) is 2. The maximum atomic E-state index is 13.4. The average molecular weight is 489 g/mol. The number of phenols is 1. The Hall–Kier alpha value is -3.97. The molecule has 3 aromatic carbocycles. The number of phenolic OH excluding ortho intramolecular Hbond substituents is 1. The van der Waals surface area contributed by atoms with Crippen molar-refractivity contribution in [3.8, 4) is 5.75 Å². The number of aliphatic hydroxyl groups is 1. The molecule has 0 amide bonds. The number of rotatable bonds is 7. The van der Waals surface area contributed by atoms with Crippen LogP contribution in [0.2, 0.25) is 0 Å². The zero-order chi connectivity index (χ0) is 25.7. The van der Waals surface area contributed by atoms with Crippen LogP contribution in [0.5, 0.6) is 5.75 Å². The second kappa shape index (κ2) is 10.7. The van der Waals surface area contributed by atoms with Gasteiger partial charge in [-0.25, -0.2) is 0 Å². The first-order valence-corrected chi connectivity index (χ1v) is 11.7. The molecule has 0 unspecified atom stereocenters. The van der Waals surface area contributed by atoms with Crippen molar-refractivity contribution in [2.45, 2.75) is 38.1 Å². The van der Waals surface area contributed by atoms with Gasteiger partial charge in [-0.15, -0.1) is 0 Å². The molecule has 0 bridgehead atoms. The SMILES string of the molecule is C[C@]1(O)CC(=O)[C@H](C(=O)OCc2ccccc2)[C@@H](c2ccc(O)cc2)[C@H]1C(=O)OCc1ccccc1. The van der Waals surface area contributed by atoms with E-state index in [0.717, 1.165) is 11.1 Å². The van der Waals surface area contributed by atoms with Crippen molar-refractivity contribution in [3.63, 3.8) is 0 Å². The van der Waals surface area contributed by atoms with E-state index in [-0.39, 0.29) is 19.0 Å².